The summed E-state index contributed by atoms with van der Waals surface area (Å²) in [7, 11) is 0. The predicted molar refractivity (Wildman–Crippen MR) is 95.7 cm³/mol. The van der Waals surface area contributed by atoms with E-state index in [1.54, 1.807) is 0 Å². The van der Waals surface area contributed by atoms with Gasteiger partial charge in [0.05, 0.1) is 17.2 Å². The second kappa shape index (κ2) is 8.82. The van der Waals surface area contributed by atoms with E-state index >= 15 is 0 Å². The molecule has 1 aliphatic rings. The fourth-order valence-electron chi connectivity index (χ4n) is 2.98. The van der Waals surface area contributed by atoms with Crippen LogP contribution in [0.1, 0.15) is 29.6 Å². The molecule has 11 heteroatoms. The number of nitrogens with one attached hydrogen (secondary N) is 2. The Bertz CT molecular complexity index is 779. The van der Waals surface area contributed by atoms with E-state index in [0.717, 1.165) is 12.1 Å². The van der Waals surface area contributed by atoms with Gasteiger partial charge >= 0.3 is 0 Å². The average Bonchev–Trinajstić information content (AvgIpc) is 2.61. The zero-order chi connectivity index (χ0) is 21.1. The van der Waals surface area contributed by atoms with Crippen molar-refractivity contribution >= 4 is 29.3 Å². The number of aliphatic hydroxyl groups is 3. The normalized spacial score (nSPS) is 27.1. The van der Waals surface area contributed by atoms with Crippen molar-refractivity contribution < 1.29 is 34.1 Å². The van der Waals surface area contributed by atoms with Gasteiger partial charge in [0, 0.05) is 31.4 Å². The van der Waals surface area contributed by atoms with Crippen molar-refractivity contribution in [1.29, 1.82) is 0 Å². The number of halogens is 2. The molecule has 0 heterocycles. The molecule has 0 radical (unpaired) electrons. The van der Waals surface area contributed by atoms with E-state index in [1.165, 1.54) is 6.07 Å². The monoisotopic (exact) mass is 417 g/mol. The molecule has 0 aliphatic heterocycles. The van der Waals surface area contributed by atoms with Gasteiger partial charge in [0.2, 0.25) is 5.91 Å². The van der Waals surface area contributed by atoms with E-state index in [1.807, 2.05) is 0 Å². The van der Waals surface area contributed by atoms with Crippen LogP contribution in [0, 0.1) is 5.82 Å². The lowest BCUT2D eigenvalue weighted by Gasteiger charge is -2.41. The van der Waals surface area contributed by atoms with E-state index in [2.05, 4.69) is 10.6 Å². The minimum Gasteiger partial charge on any atom is -0.390 e. The molecule has 0 saturated heterocycles. The molecule has 0 bridgehead atoms. The SMILES string of the molecule is NC(=O)CCNC(=O)C1(O)CC(O)C(O)C(NC(=O)c2ccc(F)c(Cl)c2)C1. The Morgan fingerprint density at radius 2 is 1.96 bits per heavy atom. The van der Waals surface area contributed by atoms with Crippen molar-refractivity contribution in [3.05, 3.63) is 34.6 Å². The molecule has 7 N–H and O–H groups in total. The number of aliphatic hydroxyl groups excluding tert-OH is 2. The van der Waals surface area contributed by atoms with Crippen molar-refractivity contribution in [2.24, 2.45) is 5.73 Å². The highest BCUT2D eigenvalue weighted by Gasteiger charge is 2.49. The van der Waals surface area contributed by atoms with E-state index in [-0.39, 0.29) is 23.6 Å². The summed E-state index contributed by atoms with van der Waals surface area (Å²) in [6, 6.07) is 2.07. The molecule has 4 unspecified atom stereocenters. The number of rotatable bonds is 6. The first kappa shape index (κ1) is 22.0. The fourth-order valence-corrected chi connectivity index (χ4v) is 3.16. The maximum absolute atomic E-state index is 13.2. The van der Waals surface area contributed by atoms with Crippen molar-refractivity contribution in [3.63, 3.8) is 0 Å². The van der Waals surface area contributed by atoms with Gasteiger partial charge in [-0.05, 0) is 18.2 Å². The Morgan fingerprint density at radius 1 is 1.29 bits per heavy atom. The standard InChI is InChI=1S/C17H21ClFN3O6/c18-9-5-8(1-2-10(9)19)15(26)22-11-6-17(28,7-12(23)14(11)25)16(27)21-4-3-13(20)24/h1-2,5,11-12,14,23,25,28H,3-4,6-7H2,(H2,20,24)(H,21,27)(H,22,26). The van der Waals surface area contributed by atoms with Crippen LogP contribution >= 0.6 is 11.6 Å². The summed E-state index contributed by atoms with van der Waals surface area (Å²) < 4.78 is 13.2. The van der Waals surface area contributed by atoms with Gasteiger partial charge in [-0.15, -0.1) is 0 Å². The Balaban J connectivity index is 2.10. The molecule has 1 saturated carbocycles. The Kier molecular flexibility index (Phi) is 6.94. The van der Waals surface area contributed by atoms with Gasteiger partial charge < -0.3 is 31.7 Å². The zero-order valence-corrected chi connectivity index (χ0v) is 15.4. The predicted octanol–water partition coefficient (Wildman–Crippen LogP) is -1.18. The maximum Gasteiger partial charge on any atom is 0.252 e. The minimum atomic E-state index is -2.09. The molecule has 1 aromatic rings. The van der Waals surface area contributed by atoms with Gasteiger partial charge in [0.1, 0.15) is 17.5 Å². The summed E-state index contributed by atoms with van der Waals surface area (Å²) in [5.74, 6) is -2.97. The van der Waals surface area contributed by atoms with Crippen molar-refractivity contribution in [3.8, 4) is 0 Å². The molecular formula is C17H21ClFN3O6. The maximum atomic E-state index is 13.2. The number of primary amides is 1. The molecule has 0 spiro atoms. The minimum absolute atomic E-state index is 0.00638. The molecule has 1 aliphatic carbocycles. The molecule has 3 amide bonds. The lowest BCUT2D eigenvalue weighted by Crippen LogP contribution is -2.63. The van der Waals surface area contributed by atoms with Crippen LogP contribution in [0.5, 0.6) is 0 Å². The number of carbonyl (C=O) groups excluding carboxylic acids is 3. The van der Waals surface area contributed by atoms with Crippen LogP contribution < -0.4 is 16.4 Å². The summed E-state index contributed by atoms with van der Waals surface area (Å²) in [6.45, 7) is -0.111. The Hall–Kier alpha value is -2.27. The second-order valence-corrected chi connectivity index (χ2v) is 7.09. The van der Waals surface area contributed by atoms with Crippen LogP contribution in [-0.2, 0) is 9.59 Å². The Morgan fingerprint density at radius 3 is 2.57 bits per heavy atom. The first-order valence-electron chi connectivity index (χ1n) is 8.44. The van der Waals surface area contributed by atoms with Crippen LogP contribution in [0.3, 0.4) is 0 Å². The van der Waals surface area contributed by atoms with Crippen molar-refractivity contribution in [2.45, 2.75) is 43.1 Å². The third kappa shape index (κ3) is 5.16. The Labute approximate surface area is 164 Å². The highest BCUT2D eigenvalue weighted by Crippen LogP contribution is 2.30. The third-order valence-corrected chi connectivity index (χ3v) is 4.78. The van der Waals surface area contributed by atoms with E-state index in [9.17, 15) is 34.1 Å². The molecule has 28 heavy (non-hydrogen) atoms. The van der Waals surface area contributed by atoms with Gasteiger partial charge in [-0.2, -0.15) is 0 Å². The number of carbonyl (C=O) groups is 3. The van der Waals surface area contributed by atoms with Crippen LogP contribution in [-0.4, -0.2) is 63.4 Å². The van der Waals surface area contributed by atoms with Crippen LogP contribution in [0.2, 0.25) is 5.02 Å². The van der Waals surface area contributed by atoms with Crippen LogP contribution in [0.4, 0.5) is 4.39 Å². The average molecular weight is 418 g/mol. The highest BCUT2D eigenvalue weighted by atomic mass is 35.5. The molecule has 9 nitrogen and oxygen atoms in total. The number of benzene rings is 1. The van der Waals surface area contributed by atoms with Gasteiger partial charge in [0.25, 0.3) is 11.8 Å². The van der Waals surface area contributed by atoms with Crippen LogP contribution in [0.15, 0.2) is 18.2 Å². The quantitative estimate of drug-likeness (QED) is 0.341. The van der Waals surface area contributed by atoms with Gasteiger partial charge in [-0.1, -0.05) is 11.6 Å². The van der Waals surface area contributed by atoms with E-state index < -0.39 is 60.2 Å². The number of amides is 3. The fraction of sp³-hybridized carbons (Fsp3) is 0.471. The lowest BCUT2D eigenvalue weighted by atomic mass is 9.77. The topological polar surface area (TPSA) is 162 Å². The first-order chi connectivity index (χ1) is 13.0. The van der Waals surface area contributed by atoms with E-state index in [4.69, 9.17) is 17.3 Å². The lowest BCUT2D eigenvalue weighted by molar-refractivity contribution is -0.157. The van der Waals surface area contributed by atoms with Crippen LogP contribution in [0.25, 0.3) is 0 Å². The molecule has 154 valence electrons. The first-order valence-corrected chi connectivity index (χ1v) is 8.82. The van der Waals surface area contributed by atoms with Gasteiger partial charge in [-0.25, -0.2) is 4.39 Å². The summed E-state index contributed by atoms with van der Waals surface area (Å²) in [6.07, 6.45) is -3.95. The largest absolute Gasteiger partial charge is 0.390 e. The molecule has 1 aromatic carbocycles. The molecule has 1 fully saturated rings. The summed E-state index contributed by atoms with van der Waals surface area (Å²) in [5.41, 5.74) is 2.88. The molecule has 0 aromatic heterocycles. The van der Waals surface area contributed by atoms with Crippen molar-refractivity contribution in [1.82, 2.24) is 10.6 Å². The van der Waals surface area contributed by atoms with Gasteiger partial charge in [0.15, 0.2) is 0 Å². The smallest absolute Gasteiger partial charge is 0.252 e. The summed E-state index contributed by atoms with van der Waals surface area (Å²) in [5, 5.41) is 35.2. The second-order valence-electron chi connectivity index (χ2n) is 6.68. The summed E-state index contributed by atoms with van der Waals surface area (Å²) >= 11 is 5.64. The number of nitrogens with two attached hydrogens (primary N) is 1. The molecule has 4 atom stereocenters. The zero-order valence-electron chi connectivity index (χ0n) is 14.7. The summed E-state index contributed by atoms with van der Waals surface area (Å²) in [4.78, 5) is 35.3. The van der Waals surface area contributed by atoms with Gasteiger partial charge in [-0.3, -0.25) is 14.4 Å². The number of hydrogen-bond donors (Lipinski definition) is 6. The van der Waals surface area contributed by atoms with Crippen molar-refractivity contribution in [2.75, 3.05) is 6.54 Å². The van der Waals surface area contributed by atoms with E-state index in [0.29, 0.717) is 0 Å². The molecular weight excluding hydrogens is 397 g/mol. The number of hydrogen-bond acceptors (Lipinski definition) is 6. The highest BCUT2D eigenvalue weighted by molar-refractivity contribution is 6.31. The third-order valence-electron chi connectivity index (χ3n) is 4.49. The molecule has 2 rings (SSSR count).